The fourth-order valence-electron chi connectivity index (χ4n) is 7.90. The van der Waals surface area contributed by atoms with E-state index < -0.39 is 0 Å². The maximum Gasteiger partial charge on any atom is 0.226 e. The number of nitrogens with zero attached hydrogens (tertiary/aromatic N) is 1. The van der Waals surface area contributed by atoms with Crippen LogP contribution in [0.2, 0.25) is 0 Å². The topological polar surface area (TPSA) is 130 Å². The van der Waals surface area contributed by atoms with E-state index in [1.54, 1.807) is 17.8 Å². The second kappa shape index (κ2) is 11.9. The molecule has 1 saturated carbocycles. The van der Waals surface area contributed by atoms with Crippen molar-refractivity contribution in [2.45, 2.75) is 91.3 Å². The number of carbonyl (C=O) groups excluding carboxylic acids is 2. The molecule has 0 aromatic heterocycles. The summed E-state index contributed by atoms with van der Waals surface area (Å²) in [7, 11) is 0. The number of ketones is 1. The highest BCUT2D eigenvalue weighted by atomic mass is 32.2. The molecule has 7 aliphatic rings. The van der Waals surface area contributed by atoms with Gasteiger partial charge in [0, 0.05) is 54.7 Å². The summed E-state index contributed by atoms with van der Waals surface area (Å²) in [4.78, 5) is 28.0. The lowest BCUT2D eigenvalue weighted by molar-refractivity contribution is -0.125. The molecule has 9 unspecified atom stereocenters. The summed E-state index contributed by atoms with van der Waals surface area (Å²) in [6, 6.07) is 0.538. The summed E-state index contributed by atoms with van der Waals surface area (Å²) in [5.41, 5.74) is 6.45. The second-order valence-electron chi connectivity index (χ2n) is 12.6. The molecule has 0 aromatic carbocycles. The minimum atomic E-state index is -0.0941. The normalized spacial score (nSPS) is 45.5. The first kappa shape index (κ1) is 27.8. The zero-order valence-electron chi connectivity index (χ0n) is 23.1. The van der Waals surface area contributed by atoms with Crippen molar-refractivity contribution in [1.29, 1.82) is 0 Å². The summed E-state index contributed by atoms with van der Waals surface area (Å²) in [5, 5.41) is 15.2. The van der Waals surface area contributed by atoms with Crippen LogP contribution in [0.3, 0.4) is 0 Å². The van der Waals surface area contributed by atoms with Gasteiger partial charge >= 0.3 is 0 Å². The molecule has 0 aromatic rings. The van der Waals surface area contributed by atoms with E-state index >= 15 is 0 Å². The number of carbonyl (C=O) groups is 2. The number of amides is 1. The number of piperidine rings is 1. The number of nitrogens with two attached hydrogens (primary N) is 1. The molecular weight excluding hydrogens is 548 g/mol. The molecule has 0 bridgehead atoms. The van der Waals surface area contributed by atoms with E-state index in [1.807, 2.05) is 11.8 Å². The van der Waals surface area contributed by atoms with Gasteiger partial charge in [0.1, 0.15) is 11.4 Å². The summed E-state index contributed by atoms with van der Waals surface area (Å²) >= 11 is 3.75. The predicted molar refractivity (Wildman–Crippen MR) is 156 cm³/mol. The first-order valence-electron chi connectivity index (χ1n) is 15.4. The lowest BCUT2D eigenvalue weighted by Crippen LogP contribution is -2.66. The number of thioether (sulfide) groups is 2. The van der Waals surface area contributed by atoms with Gasteiger partial charge in [0.2, 0.25) is 5.91 Å². The van der Waals surface area contributed by atoms with Crippen LogP contribution >= 0.6 is 23.5 Å². The van der Waals surface area contributed by atoms with Crippen LogP contribution in [0.5, 0.6) is 0 Å². The Labute approximate surface area is 245 Å². The highest BCUT2D eigenvalue weighted by molar-refractivity contribution is 8.01. The predicted octanol–water partition coefficient (Wildman–Crippen LogP) is 0.538. The largest absolute Gasteiger partial charge is 0.474 e. The minimum Gasteiger partial charge on any atom is -0.474 e. The van der Waals surface area contributed by atoms with Crippen LogP contribution in [0.15, 0.2) is 12.0 Å². The van der Waals surface area contributed by atoms with Gasteiger partial charge in [-0.05, 0) is 38.0 Å². The first-order valence-corrected chi connectivity index (χ1v) is 17.4. The molecular formula is C28H44N6O4S2. The number of fused-ring (bicyclic) bond motifs is 2. The van der Waals surface area contributed by atoms with Gasteiger partial charge in [0.15, 0.2) is 11.7 Å². The Hall–Kier alpha value is -1.02. The fraction of sp³-hybridized carbons (Fsp3) is 0.857. The number of allylic oxidation sites excluding steroid dienone is 1. The molecule has 12 heteroatoms. The number of morpholine rings is 1. The summed E-state index contributed by atoms with van der Waals surface area (Å²) in [6.45, 7) is 3.64. The maximum atomic E-state index is 13.0. The number of hydrogen-bond acceptors (Lipinski definition) is 11. The fourth-order valence-corrected chi connectivity index (χ4v) is 11.2. The molecule has 6 heterocycles. The van der Waals surface area contributed by atoms with Crippen LogP contribution in [0.1, 0.15) is 44.9 Å². The van der Waals surface area contributed by atoms with Gasteiger partial charge in [-0.15, -0.1) is 23.5 Å². The second-order valence-corrected chi connectivity index (χ2v) is 15.2. The molecule has 6 fully saturated rings. The molecule has 10 nitrogen and oxygen atoms in total. The third-order valence-corrected chi connectivity index (χ3v) is 13.1. The number of rotatable bonds is 6. The Bertz CT molecular complexity index is 998. The van der Waals surface area contributed by atoms with E-state index in [-0.39, 0.29) is 52.7 Å². The lowest BCUT2D eigenvalue weighted by atomic mass is 9.84. The summed E-state index contributed by atoms with van der Waals surface area (Å²) in [5.74, 6) is 2.66. The highest BCUT2D eigenvalue weighted by Crippen LogP contribution is 2.48. The first-order chi connectivity index (χ1) is 19.5. The van der Waals surface area contributed by atoms with Crippen molar-refractivity contribution in [2.75, 3.05) is 38.6 Å². The van der Waals surface area contributed by atoms with Crippen molar-refractivity contribution in [3.05, 3.63) is 12.0 Å². The molecule has 222 valence electrons. The Morgan fingerprint density at radius 1 is 1.07 bits per heavy atom. The van der Waals surface area contributed by atoms with Crippen LogP contribution in [-0.4, -0.2) is 102 Å². The Balaban J connectivity index is 0.985. The standard InChI is InChI=1S/C28H44N6O4S2/c29-17-3-1-2-4-18(17)31-21-11-15-13-30-28(36)24(15)27(32-21)33-22-6-5-20(40-22)16-14-39-26-19(35)12-23(38-25(16)26)34-7-9-37-10-8-34/h12,15-18,20-22,24-27,31-33H,1-11,13-14,29H2,(H,30,36)/t15?,16?,17-,18+,20?,21?,22?,24?,25?,26?,27?/m1/s1. The van der Waals surface area contributed by atoms with E-state index in [0.717, 1.165) is 63.4 Å². The molecule has 40 heavy (non-hydrogen) atoms. The van der Waals surface area contributed by atoms with Crippen LogP contribution in [0.4, 0.5) is 0 Å². The van der Waals surface area contributed by atoms with Crippen molar-refractivity contribution in [1.82, 2.24) is 26.2 Å². The molecule has 6 aliphatic heterocycles. The molecule has 1 aliphatic carbocycles. The van der Waals surface area contributed by atoms with Gasteiger partial charge in [-0.25, -0.2) is 0 Å². The van der Waals surface area contributed by atoms with Crippen LogP contribution < -0.4 is 27.0 Å². The monoisotopic (exact) mass is 592 g/mol. The smallest absolute Gasteiger partial charge is 0.226 e. The number of nitrogens with one attached hydrogen (secondary N) is 4. The average molecular weight is 593 g/mol. The van der Waals surface area contributed by atoms with Crippen LogP contribution in [0, 0.1) is 17.8 Å². The van der Waals surface area contributed by atoms with Gasteiger partial charge in [-0.2, -0.15) is 0 Å². The van der Waals surface area contributed by atoms with E-state index in [2.05, 4.69) is 26.2 Å². The van der Waals surface area contributed by atoms with Crippen molar-refractivity contribution in [3.63, 3.8) is 0 Å². The minimum absolute atomic E-state index is 0.0512. The molecule has 0 radical (unpaired) electrons. The van der Waals surface area contributed by atoms with Gasteiger partial charge < -0.3 is 25.4 Å². The molecule has 6 N–H and O–H groups in total. The molecule has 11 atom stereocenters. The van der Waals surface area contributed by atoms with E-state index in [9.17, 15) is 9.59 Å². The lowest BCUT2D eigenvalue weighted by Gasteiger charge is -2.42. The van der Waals surface area contributed by atoms with Crippen LogP contribution in [0.25, 0.3) is 0 Å². The highest BCUT2D eigenvalue weighted by Gasteiger charge is 2.51. The summed E-state index contributed by atoms with van der Waals surface area (Å²) in [6.07, 6.45) is 9.48. The van der Waals surface area contributed by atoms with E-state index in [0.29, 0.717) is 36.3 Å². The van der Waals surface area contributed by atoms with Crippen LogP contribution in [-0.2, 0) is 19.1 Å². The SMILES string of the molecule is N[C@@H]1CCCC[C@@H]1NC1CC2CNC(=O)C2C(NC2CCC(C3CSC4C(=O)C=C(N5CCOCC5)OC43)S2)N1. The van der Waals surface area contributed by atoms with Crippen molar-refractivity contribution in [2.24, 2.45) is 23.5 Å². The summed E-state index contributed by atoms with van der Waals surface area (Å²) < 4.78 is 12.1. The quantitative estimate of drug-likeness (QED) is 0.296. The Morgan fingerprint density at radius 2 is 1.93 bits per heavy atom. The average Bonchev–Trinajstić information content (AvgIpc) is 3.69. The number of ether oxygens (including phenoxy) is 2. The zero-order chi connectivity index (χ0) is 27.2. The molecule has 1 amide bonds. The third-order valence-electron chi connectivity index (χ3n) is 10.1. The zero-order valence-corrected chi connectivity index (χ0v) is 24.7. The van der Waals surface area contributed by atoms with Crippen molar-refractivity contribution >= 4 is 35.2 Å². The van der Waals surface area contributed by atoms with E-state index in [4.69, 9.17) is 15.2 Å². The molecule has 0 spiro atoms. The van der Waals surface area contributed by atoms with Gasteiger partial charge in [-0.1, -0.05) is 12.8 Å². The van der Waals surface area contributed by atoms with Gasteiger partial charge in [0.05, 0.1) is 36.8 Å². The maximum absolute atomic E-state index is 13.0. The molecule has 5 saturated heterocycles. The Morgan fingerprint density at radius 3 is 2.77 bits per heavy atom. The Kier molecular flexibility index (Phi) is 8.29. The molecule has 7 rings (SSSR count). The third kappa shape index (κ3) is 5.54. The number of hydrogen-bond donors (Lipinski definition) is 5. The van der Waals surface area contributed by atoms with Gasteiger partial charge in [0.25, 0.3) is 0 Å². The van der Waals surface area contributed by atoms with Gasteiger partial charge in [-0.3, -0.25) is 25.5 Å². The van der Waals surface area contributed by atoms with Crippen molar-refractivity contribution in [3.8, 4) is 0 Å². The van der Waals surface area contributed by atoms with E-state index in [1.165, 1.54) is 12.8 Å². The van der Waals surface area contributed by atoms with Crippen molar-refractivity contribution < 1.29 is 19.1 Å².